The van der Waals surface area contributed by atoms with Crippen LogP contribution in [0.5, 0.6) is 0 Å². The quantitative estimate of drug-likeness (QED) is 0.381. The van der Waals surface area contributed by atoms with E-state index in [4.69, 9.17) is 13.9 Å². The first-order valence-corrected chi connectivity index (χ1v) is 17.3. The molecule has 41 heavy (non-hydrogen) atoms. The van der Waals surface area contributed by atoms with Gasteiger partial charge in [-0.1, -0.05) is 13.8 Å². The number of likely N-dealkylation sites (tertiary alicyclic amines) is 2. The molecule has 4 saturated carbocycles. The molecule has 0 amide bonds. The summed E-state index contributed by atoms with van der Waals surface area (Å²) in [6.45, 7) is 13.6. The van der Waals surface area contributed by atoms with E-state index in [-0.39, 0.29) is 5.41 Å². The van der Waals surface area contributed by atoms with Gasteiger partial charge in [0.2, 0.25) is 0 Å². The molecule has 1 N–H and O–H groups in total. The lowest BCUT2D eigenvalue weighted by molar-refractivity contribution is -0.249. The molecule has 0 radical (unpaired) electrons. The molecule has 3 heterocycles. The molecule has 6 nitrogen and oxygen atoms in total. The van der Waals surface area contributed by atoms with E-state index in [1.807, 2.05) is 6.26 Å². The highest BCUT2D eigenvalue weighted by molar-refractivity contribution is 5.31. The number of fused-ring (bicyclic) bond motifs is 5. The molecule has 0 aromatic carbocycles. The van der Waals surface area contributed by atoms with Crippen molar-refractivity contribution < 1.29 is 19.0 Å². The Kier molecular flexibility index (Phi) is 7.89. The predicted molar refractivity (Wildman–Crippen MR) is 161 cm³/mol. The number of nitrogens with zero attached hydrogens (tertiary/aromatic N) is 2. The van der Waals surface area contributed by atoms with E-state index in [1.54, 1.807) is 6.26 Å². The van der Waals surface area contributed by atoms with E-state index in [0.717, 1.165) is 63.5 Å². The molecular weight excluding hydrogens is 512 g/mol. The summed E-state index contributed by atoms with van der Waals surface area (Å²) in [5, 5.41) is 12.9. The molecule has 2 aliphatic heterocycles. The van der Waals surface area contributed by atoms with E-state index in [0.29, 0.717) is 23.4 Å². The molecule has 0 bridgehead atoms. The highest BCUT2D eigenvalue weighted by atomic mass is 16.5. The first-order chi connectivity index (χ1) is 19.9. The second-order valence-corrected chi connectivity index (χ2v) is 15.3. The molecule has 2 unspecified atom stereocenters. The Morgan fingerprint density at radius 1 is 0.854 bits per heavy atom. The third-order valence-electron chi connectivity index (χ3n) is 13.8. The molecule has 6 heteroatoms. The normalized spacial score (nSPS) is 45.0. The van der Waals surface area contributed by atoms with Crippen molar-refractivity contribution in [1.82, 2.24) is 9.80 Å². The molecule has 2 saturated heterocycles. The first kappa shape index (κ1) is 28.8. The highest BCUT2D eigenvalue weighted by Gasteiger charge is 2.73. The molecule has 7 rings (SSSR count). The van der Waals surface area contributed by atoms with Crippen LogP contribution in [0.1, 0.15) is 103 Å². The SMILES string of the molecule is C[C@]12CCC3C(CC[C@@H]4C[C@@H](OCCN5CCCC5)CC[C@]34C)[C@@]1(O)CC[C@]2(OCCN1CCCC1)c1ccoc1. The summed E-state index contributed by atoms with van der Waals surface area (Å²) in [6, 6.07) is 2.11. The van der Waals surface area contributed by atoms with Crippen LogP contribution in [-0.4, -0.2) is 79.1 Å². The molecule has 0 spiro atoms. The average molecular weight is 569 g/mol. The van der Waals surface area contributed by atoms with Crippen molar-refractivity contribution in [2.75, 3.05) is 52.5 Å². The Labute approximate surface area is 248 Å². The maximum Gasteiger partial charge on any atom is 0.104 e. The van der Waals surface area contributed by atoms with E-state index in [2.05, 4.69) is 29.7 Å². The van der Waals surface area contributed by atoms with Crippen LogP contribution in [0.4, 0.5) is 0 Å². The second-order valence-electron chi connectivity index (χ2n) is 15.3. The van der Waals surface area contributed by atoms with Crippen LogP contribution in [0, 0.1) is 28.6 Å². The van der Waals surface area contributed by atoms with Crippen molar-refractivity contribution in [1.29, 1.82) is 0 Å². The van der Waals surface area contributed by atoms with Crippen LogP contribution in [-0.2, 0) is 15.1 Å². The standard InChI is InChI=1S/C35H56N2O4/c1-32-12-9-29(40-23-20-36-16-3-4-17-36)25-27(32)7-8-31-30(32)10-13-33(2)34(31,38)14-15-35(33,28-11-22-39-26-28)41-24-21-37-18-5-6-19-37/h11,22,26-27,29-31,38H,3-10,12-21,23-25H2,1-2H3/t27-,29+,30?,31?,32+,33+,34+,35+/m1/s1. The van der Waals surface area contributed by atoms with Crippen molar-refractivity contribution in [3.63, 3.8) is 0 Å². The predicted octanol–water partition coefficient (Wildman–Crippen LogP) is 6.23. The summed E-state index contributed by atoms with van der Waals surface area (Å²) < 4.78 is 19.2. The Morgan fingerprint density at radius 3 is 2.29 bits per heavy atom. The summed E-state index contributed by atoms with van der Waals surface area (Å²) in [5.41, 5.74) is -0.0283. The van der Waals surface area contributed by atoms with Crippen LogP contribution < -0.4 is 0 Å². The number of aliphatic hydroxyl groups is 1. The molecule has 6 aliphatic rings. The molecule has 1 aromatic heterocycles. The lowest BCUT2D eigenvalue weighted by Crippen LogP contribution is -2.65. The molecule has 6 fully saturated rings. The van der Waals surface area contributed by atoms with E-state index in [1.165, 1.54) is 84.0 Å². The van der Waals surface area contributed by atoms with Crippen LogP contribution >= 0.6 is 0 Å². The number of hydrogen-bond donors (Lipinski definition) is 1. The molecular formula is C35H56N2O4. The van der Waals surface area contributed by atoms with Gasteiger partial charge in [0.15, 0.2) is 0 Å². The summed E-state index contributed by atoms with van der Waals surface area (Å²) in [5.74, 6) is 1.67. The van der Waals surface area contributed by atoms with E-state index in [9.17, 15) is 5.11 Å². The minimum absolute atomic E-state index is 0.310. The Morgan fingerprint density at radius 2 is 1.59 bits per heavy atom. The van der Waals surface area contributed by atoms with Gasteiger partial charge in [-0.25, -0.2) is 0 Å². The lowest BCUT2D eigenvalue weighted by atomic mass is 9.43. The van der Waals surface area contributed by atoms with Gasteiger partial charge in [-0.05, 0) is 139 Å². The van der Waals surface area contributed by atoms with Crippen molar-refractivity contribution in [2.45, 2.75) is 115 Å². The lowest BCUT2D eigenvalue weighted by Gasteiger charge is -2.64. The fourth-order valence-electron chi connectivity index (χ4n) is 11.3. The number of hydrogen-bond acceptors (Lipinski definition) is 6. The van der Waals surface area contributed by atoms with Gasteiger partial charge in [-0.15, -0.1) is 0 Å². The number of furan rings is 1. The van der Waals surface area contributed by atoms with Crippen molar-refractivity contribution in [2.24, 2.45) is 28.6 Å². The fraction of sp³-hybridized carbons (Fsp3) is 0.886. The molecule has 8 atom stereocenters. The fourth-order valence-corrected chi connectivity index (χ4v) is 11.3. The van der Waals surface area contributed by atoms with Gasteiger partial charge in [0.05, 0.1) is 37.4 Å². The Bertz CT molecular complexity index is 1020. The van der Waals surface area contributed by atoms with Gasteiger partial charge in [-0.2, -0.15) is 0 Å². The van der Waals surface area contributed by atoms with Gasteiger partial charge >= 0.3 is 0 Å². The third kappa shape index (κ3) is 4.69. The summed E-state index contributed by atoms with van der Waals surface area (Å²) >= 11 is 0. The van der Waals surface area contributed by atoms with Gasteiger partial charge in [-0.3, -0.25) is 0 Å². The zero-order chi connectivity index (χ0) is 28.1. The van der Waals surface area contributed by atoms with Crippen molar-refractivity contribution in [3.8, 4) is 0 Å². The minimum Gasteiger partial charge on any atom is -0.472 e. The molecule has 4 aliphatic carbocycles. The number of rotatable bonds is 9. The third-order valence-corrected chi connectivity index (χ3v) is 13.8. The summed E-state index contributed by atoms with van der Waals surface area (Å²) in [4.78, 5) is 5.11. The maximum absolute atomic E-state index is 12.9. The van der Waals surface area contributed by atoms with Gasteiger partial charge in [0.25, 0.3) is 0 Å². The monoisotopic (exact) mass is 568 g/mol. The van der Waals surface area contributed by atoms with Gasteiger partial charge < -0.3 is 28.8 Å². The van der Waals surface area contributed by atoms with Crippen LogP contribution in [0.3, 0.4) is 0 Å². The highest BCUT2D eigenvalue weighted by Crippen LogP contribution is 2.72. The smallest absolute Gasteiger partial charge is 0.104 e. The second kappa shape index (κ2) is 11.2. The van der Waals surface area contributed by atoms with Crippen LogP contribution in [0.25, 0.3) is 0 Å². The minimum atomic E-state index is -0.697. The maximum atomic E-state index is 12.9. The van der Waals surface area contributed by atoms with Crippen LogP contribution in [0.2, 0.25) is 0 Å². The first-order valence-electron chi connectivity index (χ1n) is 17.3. The van der Waals surface area contributed by atoms with Crippen LogP contribution in [0.15, 0.2) is 23.0 Å². The summed E-state index contributed by atoms with van der Waals surface area (Å²) in [7, 11) is 0. The van der Waals surface area contributed by atoms with Gasteiger partial charge in [0.1, 0.15) is 5.60 Å². The Balaban J connectivity index is 1.06. The average Bonchev–Trinajstić information content (AvgIpc) is 3.79. The van der Waals surface area contributed by atoms with Gasteiger partial charge in [0, 0.05) is 24.1 Å². The zero-order valence-electron chi connectivity index (χ0n) is 26.0. The molecule has 230 valence electrons. The van der Waals surface area contributed by atoms with E-state index < -0.39 is 11.2 Å². The Hall–Kier alpha value is -0.920. The largest absolute Gasteiger partial charge is 0.472 e. The zero-order valence-corrected chi connectivity index (χ0v) is 26.0. The topological polar surface area (TPSA) is 58.3 Å². The van der Waals surface area contributed by atoms with Crippen molar-refractivity contribution in [3.05, 3.63) is 24.2 Å². The summed E-state index contributed by atoms with van der Waals surface area (Å²) in [6.07, 6.45) is 19.4. The number of ether oxygens (including phenoxy) is 2. The molecule has 1 aromatic rings. The van der Waals surface area contributed by atoms with Crippen molar-refractivity contribution >= 4 is 0 Å². The van der Waals surface area contributed by atoms with E-state index >= 15 is 0 Å².